The second-order valence-electron chi connectivity index (χ2n) is 8.10. The first kappa shape index (κ1) is 20.2. The zero-order valence-electron chi connectivity index (χ0n) is 17.3. The van der Waals surface area contributed by atoms with Gasteiger partial charge in [-0.2, -0.15) is 0 Å². The number of benzene rings is 2. The summed E-state index contributed by atoms with van der Waals surface area (Å²) in [6.07, 6.45) is 0.663. The Morgan fingerprint density at radius 3 is 2.53 bits per heavy atom. The number of quaternary nitrogens is 1. The highest BCUT2D eigenvalue weighted by atomic mass is 16.6. The fraction of sp³-hybridized carbons (Fsp3) is 0.391. The molecule has 0 unspecified atom stereocenters. The molecule has 2 aliphatic rings. The molecule has 0 radical (unpaired) electrons. The number of anilines is 1. The van der Waals surface area contributed by atoms with Crippen molar-refractivity contribution < 1.29 is 24.4 Å². The summed E-state index contributed by atoms with van der Waals surface area (Å²) in [6, 6.07) is 12.6. The first-order valence-corrected chi connectivity index (χ1v) is 10.4. The van der Waals surface area contributed by atoms with Gasteiger partial charge in [0.1, 0.15) is 25.8 Å². The predicted molar refractivity (Wildman–Crippen MR) is 112 cm³/mol. The molecule has 7 nitrogen and oxygen atoms in total. The van der Waals surface area contributed by atoms with Gasteiger partial charge < -0.3 is 25.4 Å². The molecule has 0 aliphatic carbocycles. The van der Waals surface area contributed by atoms with Gasteiger partial charge in [0.25, 0.3) is 5.91 Å². The van der Waals surface area contributed by atoms with Crippen LogP contribution in [0.5, 0.6) is 11.5 Å². The Hall–Kier alpha value is -3.06. The molecular weight excluding hydrogens is 382 g/mol. The van der Waals surface area contributed by atoms with Crippen molar-refractivity contribution >= 4 is 17.5 Å². The molecule has 0 fully saturated rings. The maximum atomic E-state index is 12.9. The van der Waals surface area contributed by atoms with Crippen LogP contribution in [0.3, 0.4) is 0 Å². The van der Waals surface area contributed by atoms with Crippen LogP contribution in [0.2, 0.25) is 0 Å². The number of nitrogens with two attached hydrogens (primary N) is 1. The average Bonchev–Trinajstić information content (AvgIpc) is 2.76. The lowest BCUT2D eigenvalue weighted by molar-refractivity contribution is -0.695. The highest BCUT2D eigenvalue weighted by molar-refractivity contribution is 5.98. The van der Waals surface area contributed by atoms with Crippen molar-refractivity contribution in [2.24, 2.45) is 5.92 Å². The molecule has 158 valence electrons. The van der Waals surface area contributed by atoms with Crippen LogP contribution < -0.4 is 25.4 Å². The molecular formula is C23H28N3O4+. The van der Waals surface area contributed by atoms with Gasteiger partial charge in [-0.3, -0.25) is 9.59 Å². The van der Waals surface area contributed by atoms with E-state index in [1.807, 2.05) is 31.3 Å². The number of hydrogen-bond acceptors (Lipinski definition) is 4. The number of hydrogen-bond donors (Lipinski definition) is 3. The van der Waals surface area contributed by atoms with E-state index in [2.05, 4.69) is 22.8 Å². The van der Waals surface area contributed by atoms with E-state index in [-0.39, 0.29) is 23.8 Å². The highest BCUT2D eigenvalue weighted by Crippen LogP contribution is 2.32. The summed E-state index contributed by atoms with van der Waals surface area (Å²) in [5, 5.41) is 7.89. The molecule has 4 N–H and O–H groups in total. The summed E-state index contributed by atoms with van der Waals surface area (Å²) >= 11 is 0. The third kappa shape index (κ3) is 4.41. The quantitative estimate of drug-likeness (QED) is 0.691. The fourth-order valence-electron chi connectivity index (χ4n) is 3.88. The van der Waals surface area contributed by atoms with Gasteiger partial charge in [0.15, 0.2) is 17.5 Å². The molecule has 0 spiro atoms. The molecule has 2 aromatic carbocycles. The van der Waals surface area contributed by atoms with Gasteiger partial charge in [0.05, 0.1) is 0 Å². The molecule has 4 rings (SSSR count). The molecule has 0 saturated carbocycles. The average molecular weight is 410 g/mol. The molecule has 0 saturated heterocycles. The van der Waals surface area contributed by atoms with Gasteiger partial charge in [-0.25, -0.2) is 0 Å². The second kappa shape index (κ2) is 8.75. The van der Waals surface area contributed by atoms with E-state index >= 15 is 0 Å². The minimum absolute atomic E-state index is 0.0537. The van der Waals surface area contributed by atoms with Gasteiger partial charge in [0, 0.05) is 23.7 Å². The Morgan fingerprint density at radius 2 is 1.77 bits per heavy atom. The Morgan fingerprint density at radius 1 is 1.03 bits per heavy atom. The zero-order valence-corrected chi connectivity index (χ0v) is 17.3. The molecule has 7 heteroatoms. The van der Waals surface area contributed by atoms with E-state index in [4.69, 9.17) is 9.47 Å². The van der Waals surface area contributed by atoms with Crippen LogP contribution in [-0.2, 0) is 22.6 Å². The zero-order chi connectivity index (χ0) is 21.1. The van der Waals surface area contributed by atoms with Crippen molar-refractivity contribution in [3.63, 3.8) is 0 Å². The van der Waals surface area contributed by atoms with E-state index in [0.29, 0.717) is 36.8 Å². The third-order valence-corrected chi connectivity index (χ3v) is 5.57. The molecule has 30 heavy (non-hydrogen) atoms. The lowest BCUT2D eigenvalue weighted by Gasteiger charge is -2.26. The van der Waals surface area contributed by atoms with Crippen LogP contribution >= 0.6 is 0 Å². The number of carbonyl (C=O) groups excluding carboxylic acids is 2. The summed E-state index contributed by atoms with van der Waals surface area (Å²) in [5.41, 5.74) is 3.07. The van der Waals surface area contributed by atoms with Crippen LogP contribution in [-0.4, -0.2) is 37.1 Å². The number of amides is 2. The lowest BCUT2D eigenvalue weighted by atomic mass is 9.94. The third-order valence-electron chi connectivity index (χ3n) is 5.57. The Bertz CT molecular complexity index is 944. The van der Waals surface area contributed by atoms with Crippen LogP contribution in [0.15, 0.2) is 42.5 Å². The van der Waals surface area contributed by atoms with Gasteiger partial charge in [-0.15, -0.1) is 0 Å². The summed E-state index contributed by atoms with van der Waals surface area (Å²) in [6.45, 7) is 5.62. The maximum absolute atomic E-state index is 12.9. The van der Waals surface area contributed by atoms with E-state index in [9.17, 15) is 9.59 Å². The highest BCUT2D eigenvalue weighted by Gasteiger charge is 2.32. The summed E-state index contributed by atoms with van der Waals surface area (Å²) < 4.78 is 11.1. The normalized spacial score (nSPS) is 18.3. The first-order valence-electron chi connectivity index (χ1n) is 10.4. The van der Waals surface area contributed by atoms with E-state index in [1.165, 1.54) is 11.1 Å². The first-order chi connectivity index (χ1) is 14.5. The summed E-state index contributed by atoms with van der Waals surface area (Å²) in [5.74, 6) is 0.870. The maximum Gasteiger partial charge on any atom is 0.279 e. The summed E-state index contributed by atoms with van der Waals surface area (Å²) in [4.78, 5) is 25.8. The molecule has 2 amide bonds. The molecule has 0 bridgehead atoms. The Kier molecular flexibility index (Phi) is 5.90. The van der Waals surface area contributed by atoms with Gasteiger partial charge in [-0.05, 0) is 23.6 Å². The number of rotatable bonds is 5. The van der Waals surface area contributed by atoms with Crippen molar-refractivity contribution in [2.75, 3.05) is 18.5 Å². The molecule has 2 aliphatic heterocycles. The molecule has 2 atom stereocenters. The van der Waals surface area contributed by atoms with Crippen LogP contribution in [0.4, 0.5) is 5.69 Å². The van der Waals surface area contributed by atoms with Crippen LogP contribution in [0.1, 0.15) is 25.0 Å². The van der Waals surface area contributed by atoms with Crippen molar-refractivity contribution in [3.05, 3.63) is 53.6 Å². The standard InChI is InChI=1S/C23H27N3O4/c1-14(2)21(23(28)25-17-7-8-19-20(12-17)30-10-9-29-19)26-22(27)18-11-15-5-3-4-6-16(15)13-24-18/h3-8,12,14,18,21,24H,9-11,13H2,1-2H3,(H,25,28)(H,26,27)/p+1/t18-,21+/m0/s1. The monoisotopic (exact) mass is 410 g/mol. The van der Waals surface area contributed by atoms with Gasteiger partial charge >= 0.3 is 0 Å². The number of fused-ring (bicyclic) bond motifs is 2. The van der Waals surface area contributed by atoms with Gasteiger partial charge in [0.2, 0.25) is 5.91 Å². The van der Waals surface area contributed by atoms with Crippen molar-refractivity contribution in [1.29, 1.82) is 0 Å². The van der Waals surface area contributed by atoms with Crippen molar-refractivity contribution in [1.82, 2.24) is 5.32 Å². The number of nitrogens with one attached hydrogen (secondary N) is 2. The topological polar surface area (TPSA) is 93.3 Å². The van der Waals surface area contributed by atoms with E-state index < -0.39 is 6.04 Å². The van der Waals surface area contributed by atoms with Crippen molar-refractivity contribution in [2.45, 2.75) is 38.9 Å². The number of ether oxygens (including phenoxy) is 2. The fourth-order valence-corrected chi connectivity index (χ4v) is 3.88. The van der Waals surface area contributed by atoms with E-state index in [1.54, 1.807) is 18.2 Å². The number of carbonyl (C=O) groups is 2. The molecule has 0 aromatic heterocycles. The Labute approximate surface area is 176 Å². The smallest absolute Gasteiger partial charge is 0.279 e. The van der Waals surface area contributed by atoms with Crippen LogP contribution in [0, 0.1) is 5.92 Å². The minimum Gasteiger partial charge on any atom is -0.486 e. The second-order valence-corrected chi connectivity index (χ2v) is 8.10. The molecule has 2 aromatic rings. The molecule has 2 heterocycles. The largest absolute Gasteiger partial charge is 0.486 e. The lowest BCUT2D eigenvalue weighted by Crippen LogP contribution is -2.93. The Balaban J connectivity index is 1.41. The summed E-state index contributed by atoms with van der Waals surface area (Å²) in [7, 11) is 0. The predicted octanol–water partition coefficient (Wildman–Crippen LogP) is 1.23. The minimum atomic E-state index is -0.628. The van der Waals surface area contributed by atoms with Crippen LogP contribution in [0.25, 0.3) is 0 Å². The van der Waals surface area contributed by atoms with Gasteiger partial charge in [-0.1, -0.05) is 38.1 Å². The SMILES string of the molecule is CC(C)[C@@H](NC(=O)[C@@H]1Cc2ccccc2C[NH2+]1)C(=O)Nc1ccc2c(c1)OCCO2. The van der Waals surface area contributed by atoms with E-state index in [0.717, 1.165) is 6.54 Å². The van der Waals surface area contributed by atoms with Crippen molar-refractivity contribution in [3.8, 4) is 11.5 Å².